The van der Waals surface area contributed by atoms with Crippen LogP contribution in [-0.2, 0) is 13.5 Å². The molecule has 1 aromatic carbocycles. The van der Waals surface area contributed by atoms with Crippen LogP contribution in [0.25, 0.3) is 10.9 Å². The van der Waals surface area contributed by atoms with E-state index in [1.807, 2.05) is 25.4 Å². The van der Waals surface area contributed by atoms with Gasteiger partial charge in [0.25, 0.3) is 0 Å². The van der Waals surface area contributed by atoms with Gasteiger partial charge in [-0.15, -0.1) is 0 Å². The highest BCUT2D eigenvalue weighted by Crippen LogP contribution is 2.26. The highest BCUT2D eigenvalue weighted by molar-refractivity contribution is 9.10. The van der Waals surface area contributed by atoms with E-state index in [0.29, 0.717) is 6.42 Å². The van der Waals surface area contributed by atoms with Crippen molar-refractivity contribution < 1.29 is 0 Å². The third kappa shape index (κ3) is 1.42. The van der Waals surface area contributed by atoms with Crippen LogP contribution in [0.4, 0.5) is 0 Å². The van der Waals surface area contributed by atoms with E-state index in [0.717, 1.165) is 10.0 Å². The molecule has 0 N–H and O–H groups in total. The lowest BCUT2D eigenvalue weighted by molar-refractivity contribution is 0.966. The van der Waals surface area contributed by atoms with E-state index in [2.05, 4.69) is 32.6 Å². The second kappa shape index (κ2) is 3.47. The molecule has 0 saturated carbocycles. The van der Waals surface area contributed by atoms with E-state index in [4.69, 9.17) is 5.26 Å². The van der Waals surface area contributed by atoms with Gasteiger partial charge in [0.2, 0.25) is 0 Å². The Morgan fingerprint density at radius 1 is 1.50 bits per heavy atom. The van der Waals surface area contributed by atoms with Gasteiger partial charge in [0.1, 0.15) is 0 Å². The van der Waals surface area contributed by atoms with Gasteiger partial charge in [-0.2, -0.15) is 5.26 Å². The summed E-state index contributed by atoms with van der Waals surface area (Å²) in [5, 5.41) is 9.77. The lowest BCUT2D eigenvalue weighted by atomic mass is 10.1. The van der Waals surface area contributed by atoms with E-state index in [9.17, 15) is 0 Å². The molecule has 0 aliphatic rings. The number of aryl methyl sites for hydroxylation is 1. The van der Waals surface area contributed by atoms with Gasteiger partial charge in [0.15, 0.2) is 0 Å². The maximum absolute atomic E-state index is 8.60. The summed E-state index contributed by atoms with van der Waals surface area (Å²) in [6.45, 7) is 0. The Kier molecular flexibility index (Phi) is 2.30. The summed E-state index contributed by atoms with van der Waals surface area (Å²) in [6.07, 6.45) is 2.50. The average molecular weight is 249 g/mol. The zero-order valence-electron chi connectivity index (χ0n) is 7.79. The van der Waals surface area contributed by atoms with Crippen LogP contribution >= 0.6 is 15.9 Å². The Morgan fingerprint density at radius 3 is 3.00 bits per heavy atom. The van der Waals surface area contributed by atoms with E-state index in [-0.39, 0.29) is 0 Å². The summed E-state index contributed by atoms with van der Waals surface area (Å²) in [6, 6.07) is 8.26. The molecule has 0 fully saturated rings. The normalized spacial score (nSPS) is 10.4. The number of fused-ring (bicyclic) bond motifs is 1. The molecule has 3 heteroatoms. The fourth-order valence-corrected chi connectivity index (χ4v) is 2.22. The minimum atomic E-state index is 0.470. The molecule has 2 nitrogen and oxygen atoms in total. The summed E-state index contributed by atoms with van der Waals surface area (Å²) < 4.78 is 3.14. The summed E-state index contributed by atoms with van der Waals surface area (Å²) in [7, 11) is 2.01. The average Bonchev–Trinajstić information content (AvgIpc) is 2.43. The van der Waals surface area contributed by atoms with Crippen molar-refractivity contribution in [2.75, 3.05) is 0 Å². The van der Waals surface area contributed by atoms with Gasteiger partial charge in [-0.3, -0.25) is 0 Å². The molecule has 0 aliphatic heterocycles. The van der Waals surface area contributed by atoms with Crippen molar-refractivity contribution in [1.29, 1.82) is 5.26 Å². The molecular weight excluding hydrogens is 240 g/mol. The third-order valence-electron chi connectivity index (χ3n) is 2.29. The quantitative estimate of drug-likeness (QED) is 0.763. The Labute approximate surface area is 90.9 Å². The molecule has 0 atom stereocenters. The first kappa shape index (κ1) is 9.29. The molecule has 1 heterocycles. The molecule has 0 spiro atoms. The van der Waals surface area contributed by atoms with Crippen molar-refractivity contribution in [2.24, 2.45) is 7.05 Å². The molecule has 0 radical (unpaired) electrons. The molecule has 0 aliphatic carbocycles. The van der Waals surface area contributed by atoms with Gasteiger partial charge >= 0.3 is 0 Å². The first-order chi connectivity index (χ1) is 6.72. The predicted octanol–water partition coefficient (Wildman–Crippen LogP) is 3.01. The van der Waals surface area contributed by atoms with E-state index in [1.54, 1.807) is 0 Å². The number of hydrogen-bond donors (Lipinski definition) is 0. The van der Waals surface area contributed by atoms with Crippen LogP contribution in [0.3, 0.4) is 0 Å². The highest BCUT2D eigenvalue weighted by Gasteiger charge is 2.04. The molecular formula is C11H9BrN2. The van der Waals surface area contributed by atoms with Crippen LogP contribution in [0.15, 0.2) is 28.9 Å². The van der Waals surface area contributed by atoms with Crippen LogP contribution in [0.5, 0.6) is 0 Å². The van der Waals surface area contributed by atoms with Gasteiger partial charge in [0.05, 0.1) is 12.5 Å². The van der Waals surface area contributed by atoms with Crippen molar-refractivity contribution in [3.05, 3.63) is 34.4 Å². The topological polar surface area (TPSA) is 28.7 Å². The highest BCUT2D eigenvalue weighted by atomic mass is 79.9. The third-order valence-corrected chi connectivity index (χ3v) is 2.92. The largest absolute Gasteiger partial charge is 0.349 e. The van der Waals surface area contributed by atoms with Crippen molar-refractivity contribution in [3.63, 3.8) is 0 Å². The summed E-state index contributed by atoms with van der Waals surface area (Å²) in [4.78, 5) is 0. The van der Waals surface area contributed by atoms with Crippen LogP contribution in [0, 0.1) is 11.3 Å². The number of rotatable bonds is 1. The lowest BCUT2D eigenvalue weighted by Gasteiger charge is -1.97. The number of benzene rings is 1. The molecule has 0 bridgehead atoms. The molecule has 0 unspecified atom stereocenters. The van der Waals surface area contributed by atoms with Crippen LogP contribution in [0.1, 0.15) is 5.56 Å². The Bertz CT molecular complexity index is 520. The number of nitrogens with zero attached hydrogens (tertiary/aromatic N) is 2. The summed E-state index contributed by atoms with van der Waals surface area (Å²) in [5.41, 5.74) is 2.24. The minimum Gasteiger partial charge on any atom is -0.349 e. The standard InChI is InChI=1S/C11H9BrN2/c1-14-7-10(12)9-6-8(4-5-13)2-3-11(9)14/h2-3,6-7H,4H2,1H3. The predicted molar refractivity (Wildman–Crippen MR) is 59.9 cm³/mol. The number of aromatic nitrogens is 1. The van der Waals surface area contributed by atoms with Crippen LogP contribution < -0.4 is 0 Å². The monoisotopic (exact) mass is 248 g/mol. The molecule has 70 valence electrons. The van der Waals surface area contributed by atoms with Crippen LogP contribution in [-0.4, -0.2) is 4.57 Å². The number of hydrogen-bond acceptors (Lipinski definition) is 1. The summed E-state index contributed by atoms with van der Waals surface area (Å²) in [5.74, 6) is 0. The first-order valence-electron chi connectivity index (χ1n) is 4.33. The Hall–Kier alpha value is -1.27. The molecule has 1 aromatic heterocycles. The molecule has 2 rings (SSSR count). The zero-order valence-corrected chi connectivity index (χ0v) is 9.37. The first-order valence-corrected chi connectivity index (χ1v) is 5.12. The van der Waals surface area contributed by atoms with Gasteiger partial charge in [0, 0.05) is 28.6 Å². The maximum atomic E-state index is 8.60. The fraction of sp³-hybridized carbons (Fsp3) is 0.182. The Balaban J connectivity index is 2.66. The van der Waals surface area contributed by atoms with Gasteiger partial charge < -0.3 is 4.57 Å². The summed E-state index contributed by atoms with van der Waals surface area (Å²) >= 11 is 3.50. The molecule has 2 aromatic rings. The SMILES string of the molecule is Cn1cc(Br)c2cc(CC#N)ccc21. The van der Waals surface area contributed by atoms with Crippen LogP contribution in [0.2, 0.25) is 0 Å². The molecule has 14 heavy (non-hydrogen) atoms. The zero-order chi connectivity index (χ0) is 10.1. The van der Waals surface area contributed by atoms with E-state index < -0.39 is 0 Å². The lowest BCUT2D eigenvalue weighted by Crippen LogP contribution is -1.85. The van der Waals surface area contributed by atoms with Crippen molar-refractivity contribution >= 4 is 26.8 Å². The minimum absolute atomic E-state index is 0.470. The van der Waals surface area contributed by atoms with E-state index >= 15 is 0 Å². The number of nitriles is 1. The second-order valence-corrected chi connectivity index (χ2v) is 4.13. The van der Waals surface area contributed by atoms with Gasteiger partial charge in [-0.1, -0.05) is 6.07 Å². The fourth-order valence-electron chi connectivity index (χ4n) is 1.59. The Morgan fingerprint density at radius 2 is 2.29 bits per heavy atom. The van der Waals surface area contributed by atoms with Crippen molar-refractivity contribution in [3.8, 4) is 6.07 Å². The van der Waals surface area contributed by atoms with Crippen molar-refractivity contribution in [2.45, 2.75) is 6.42 Å². The van der Waals surface area contributed by atoms with Gasteiger partial charge in [-0.25, -0.2) is 0 Å². The second-order valence-electron chi connectivity index (χ2n) is 3.27. The van der Waals surface area contributed by atoms with Crippen molar-refractivity contribution in [1.82, 2.24) is 4.57 Å². The van der Waals surface area contributed by atoms with E-state index in [1.165, 1.54) is 10.9 Å². The number of halogens is 1. The van der Waals surface area contributed by atoms with Gasteiger partial charge in [-0.05, 0) is 33.6 Å². The smallest absolute Gasteiger partial charge is 0.0669 e. The maximum Gasteiger partial charge on any atom is 0.0669 e. The molecule has 0 saturated heterocycles. The molecule has 0 amide bonds.